The van der Waals surface area contributed by atoms with Gasteiger partial charge >= 0.3 is 6.09 Å². The van der Waals surface area contributed by atoms with Crippen molar-refractivity contribution < 1.29 is 13.9 Å². The molecule has 0 N–H and O–H groups in total. The third-order valence-corrected chi connectivity index (χ3v) is 2.52. The van der Waals surface area contributed by atoms with Crippen molar-refractivity contribution in [2.45, 2.75) is 33.3 Å². The zero-order valence-electron chi connectivity index (χ0n) is 10.8. The van der Waals surface area contributed by atoms with Gasteiger partial charge in [-0.1, -0.05) is 13.0 Å². The zero-order valence-corrected chi connectivity index (χ0v) is 10.8. The average molecular weight is 247 g/mol. The van der Waals surface area contributed by atoms with Gasteiger partial charge < -0.3 is 9.15 Å². The van der Waals surface area contributed by atoms with Crippen molar-refractivity contribution in [1.29, 1.82) is 0 Å². The molecular formula is C14H17NO3. The van der Waals surface area contributed by atoms with Gasteiger partial charge in [-0.3, -0.25) is 0 Å². The average Bonchev–Trinajstić information content (AvgIpc) is 2.77. The van der Waals surface area contributed by atoms with Crippen LogP contribution in [0.5, 0.6) is 0 Å². The van der Waals surface area contributed by atoms with Crippen LogP contribution in [0.15, 0.2) is 29.0 Å². The smallest absolute Gasteiger partial charge is 0.418 e. The summed E-state index contributed by atoms with van der Waals surface area (Å²) in [6.07, 6.45) is 7.41. The van der Waals surface area contributed by atoms with Crippen molar-refractivity contribution in [2.75, 3.05) is 0 Å². The Balaban J connectivity index is 2.32. The lowest BCUT2D eigenvalue weighted by Crippen LogP contribution is -2.28. The predicted octanol–water partition coefficient (Wildman–Crippen LogP) is 3.86. The number of fused-ring (bicyclic) bond motifs is 1. The molecule has 0 saturated heterocycles. The number of hydrogen-bond donors (Lipinski definition) is 0. The summed E-state index contributed by atoms with van der Waals surface area (Å²) in [7, 11) is 0. The number of allylic oxidation sites excluding steroid dienone is 1. The first-order valence-corrected chi connectivity index (χ1v) is 6.09. The lowest BCUT2D eigenvalue weighted by molar-refractivity contribution is 0.100. The Labute approximate surface area is 107 Å². The van der Waals surface area contributed by atoms with Crippen LogP contribution in [0.1, 0.15) is 38.5 Å². The highest BCUT2D eigenvalue weighted by Gasteiger charge is 2.26. The van der Waals surface area contributed by atoms with E-state index in [9.17, 15) is 4.79 Å². The van der Waals surface area contributed by atoms with Crippen LogP contribution in [-0.4, -0.2) is 17.1 Å². The van der Waals surface area contributed by atoms with Crippen molar-refractivity contribution in [2.24, 2.45) is 0 Å². The highest BCUT2D eigenvalue weighted by Crippen LogP contribution is 2.31. The maximum atomic E-state index is 12.0. The topological polar surface area (TPSA) is 42.7 Å². The summed E-state index contributed by atoms with van der Waals surface area (Å²) in [6, 6.07) is 1.88. The number of ether oxygens (including phenoxy) is 1. The molecule has 1 aliphatic rings. The molecule has 0 unspecified atom stereocenters. The largest absolute Gasteiger partial charge is 0.462 e. The second-order valence-electron chi connectivity index (χ2n) is 4.32. The van der Waals surface area contributed by atoms with Gasteiger partial charge in [0.15, 0.2) is 5.76 Å². The molecule has 1 aromatic heterocycles. The highest BCUT2D eigenvalue weighted by atomic mass is 16.6. The number of furan rings is 1. The molecule has 0 radical (unpaired) electrons. The van der Waals surface area contributed by atoms with E-state index in [-0.39, 0.29) is 12.2 Å². The van der Waals surface area contributed by atoms with Gasteiger partial charge in [0.05, 0.1) is 18.1 Å². The summed E-state index contributed by atoms with van der Waals surface area (Å²) in [5.41, 5.74) is 1.72. The normalized spacial score (nSPS) is 16.2. The van der Waals surface area contributed by atoms with E-state index in [4.69, 9.17) is 9.15 Å². The van der Waals surface area contributed by atoms with Crippen LogP contribution in [0, 0.1) is 0 Å². The second-order valence-corrected chi connectivity index (χ2v) is 4.32. The van der Waals surface area contributed by atoms with Gasteiger partial charge in [-0.05, 0) is 32.4 Å². The number of carbonyl (C=O) groups is 1. The molecule has 2 heterocycles. The summed E-state index contributed by atoms with van der Waals surface area (Å²) in [5, 5.41) is 0. The van der Waals surface area contributed by atoms with Crippen LogP contribution in [-0.2, 0) is 4.74 Å². The van der Waals surface area contributed by atoms with Crippen molar-refractivity contribution in [3.63, 3.8) is 0 Å². The molecule has 2 rings (SSSR count). The lowest BCUT2D eigenvalue weighted by Gasteiger charge is -2.24. The van der Waals surface area contributed by atoms with Gasteiger partial charge in [0.2, 0.25) is 0 Å². The Kier molecular flexibility index (Phi) is 3.55. The van der Waals surface area contributed by atoms with Crippen molar-refractivity contribution in [3.05, 3.63) is 35.9 Å². The van der Waals surface area contributed by atoms with E-state index in [0.29, 0.717) is 5.76 Å². The molecular weight excluding hydrogens is 230 g/mol. The Morgan fingerprint density at radius 1 is 1.56 bits per heavy atom. The maximum Gasteiger partial charge on any atom is 0.418 e. The number of nitrogens with zero attached hydrogens (tertiary/aromatic N) is 1. The minimum atomic E-state index is -0.386. The van der Waals surface area contributed by atoms with Crippen molar-refractivity contribution >= 4 is 17.9 Å². The first-order chi connectivity index (χ1) is 8.63. The molecule has 0 bridgehead atoms. The minimum Gasteiger partial charge on any atom is -0.462 e. The van der Waals surface area contributed by atoms with E-state index in [1.54, 1.807) is 12.5 Å². The van der Waals surface area contributed by atoms with E-state index in [1.807, 2.05) is 39.0 Å². The van der Waals surface area contributed by atoms with Crippen molar-refractivity contribution in [1.82, 2.24) is 4.90 Å². The van der Waals surface area contributed by atoms with E-state index < -0.39 is 0 Å². The first-order valence-electron chi connectivity index (χ1n) is 6.09. The number of hydrogen-bond acceptors (Lipinski definition) is 3. The van der Waals surface area contributed by atoms with Crippen LogP contribution in [0.3, 0.4) is 0 Å². The summed E-state index contributed by atoms with van der Waals surface area (Å²) in [6.45, 7) is 5.67. The van der Waals surface area contributed by atoms with Crippen LogP contribution in [0.25, 0.3) is 11.8 Å². The van der Waals surface area contributed by atoms with E-state index in [2.05, 4.69) is 0 Å². The van der Waals surface area contributed by atoms with E-state index in [1.165, 1.54) is 4.90 Å². The van der Waals surface area contributed by atoms with Crippen molar-refractivity contribution in [3.8, 4) is 0 Å². The zero-order chi connectivity index (χ0) is 13.1. The van der Waals surface area contributed by atoms with Crippen LogP contribution in [0.4, 0.5) is 4.79 Å². The quantitative estimate of drug-likeness (QED) is 0.796. The molecule has 0 atom stereocenters. The Morgan fingerprint density at radius 3 is 3.00 bits per heavy atom. The third kappa shape index (κ3) is 2.32. The summed E-state index contributed by atoms with van der Waals surface area (Å²) in [5.74, 6) is 0.708. The van der Waals surface area contributed by atoms with E-state index >= 15 is 0 Å². The van der Waals surface area contributed by atoms with E-state index in [0.717, 1.165) is 17.7 Å². The summed E-state index contributed by atoms with van der Waals surface area (Å²) in [4.78, 5) is 13.5. The molecule has 4 nitrogen and oxygen atoms in total. The van der Waals surface area contributed by atoms with Crippen LogP contribution < -0.4 is 0 Å². The number of carbonyl (C=O) groups excluding carboxylic acids is 1. The number of amides is 1. The minimum absolute atomic E-state index is 0.147. The SMILES string of the molecule is CC/C=C1\c2occc2C=CN1C(=O)OC(C)C. The Bertz CT molecular complexity index is 497. The number of rotatable bonds is 2. The Hall–Kier alpha value is -1.97. The molecule has 0 saturated carbocycles. The fourth-order valence-corrected chi connectivity index (χ4v) is 1.81. The molecule has 0 aliphatic carbocycles. The second kappa shape index (κ2) is 5.12. The fraction of sp³-hybridized carbons (Fsp3) is 0.357. The molecule has 0 aromatic carbocycles. The fourth-order valence-electron chi connectivity index (χ4n) is 1.81. The molecule has 1 aromatic rings. The molecule has 1 amide bonds. The van der Waals surface area contributed by atoms with Gasteiger partial charge in [0.1, 0.15) is 0 Å². The highest BCUT2D eigenvalue weighted by molar-refractivity contribution is 5.87. The van der Waals surface area contributed by atoms with Gasteiger partial charge in [0, 0.05) is 11.8 Å². The standard InChI is InChI=1S/C14H17NO3/c1-4-5-12-13-11(7-9-17-13)6-8-15(12)14(16)18-10(2)3/h5-10H,4H2,1-3H3/b12-5+. The molecule has 18 heavy (non-hydrogen) atoms. The van der Waals surface area contributed by atoms with Gasteiger partial charge in [-0.15, -0.1) is 0 Å². The van der Waals surface area contributed by atoms with Crippen LogP contribution >= 0.6 is 0 Å². The predicted molar refractivity (Wildman–Crippen MR) is 69.5 cm³/mol. The van der Waals surface area contributed by atoms with Gasteiger partial charge in [0.25, 0.3) is 0 Å². The molecule has 0 fully saturated rings. The summed E-state index contributed by atoms with van der Waals surface area (Å²) < 4.78 is 10.6. The molecule has 4 heteroatoms. The monoisotopic (exact) mass is 247 g/mol. The maximum absolute atomic E-state index is 12.0. The molecule has 96 valence electrons. The summed E-state index contributed by atoms with van der Waals surface area (Å²) >= 11 is 0. The molecule has 0 spiro atoms. The third-order valence-electron chi connectivity index (χ3n) is 2.52. The van der Waals surface area contributed by atoms with Gasteiger partial charge in [-0.2, -0.15) is 0 Å². The van der Waals surface area contributed by atoms with Crippen LogP contribution in [0.2, 0.25) is 0 Å². The van der Waals surface area contributed by atoms with Gasteiger partial charge in [-0.25, -0.2) is 9.69 Å². The first kappa shape index (κ1) is 12.5. The Morgan fingerprint density at radius 2 is 2.33 bits per heavy atom. The lowest BCUT2D eigenvalue weighted by atomic mass is 10.1. The molecule has 1 aliphatic heterocycles.